The number of rotatable bonds is 4. The van der Waals surface area contributed by atoms with Crippen LogP contribution in [-0.2, 0) is 14.8 Å². The summed E-state index contributed by atoms with van der Waals surface area (Å²) in [4.78, 5) is 32.8. The fourth-order valence-corrected chi connectivity index (χ4v) is 5.02. The van der Waals surface area contributed by atoms with Crippen molar-refractivity contribution in [3.05, 3.63) is 42.1 Å². The largest absolute Gasteiger partial charge is 0.494 e. The Labute approximate surface area is 190 Å². The van der Waals surface area contributed by atoms with Crippen molar-refractivity contribution < 1.29 is 27.9 Å². The number of amides is 2. The Hall–Kier alpha value is -3.48. The Morgan fingerprint density at radius 2 is 1.88 bits per heavy atom. The molecule has 1 aliphatic heterocycles. The number of fused-ring (bicyclic) bond motifs is 1. The molecule has 33 heavy (non-hydrogen) atoms. The third kappa shape index (κ3) is 4.40. The van der Waals surface area contributed by atoms with Crippen molar-refractivity contribution in [1.82, 2.24) is 24.5 Å². The van der Waals surface area contributed by atoms with Crippen molar-refractivity contribution in [1.29, 1.82) is 0 Å². The minimum absolute atomic E-state index is 0.0632. The molecule has 1 saturated heterocycles. The molecule has 0 aliphatic carbocycles. The number of sulfonamides is 1. The Bertz CT molecular complexity index is 1310. The molecular formula is C21H23N5O6S. The molecular weight excluding hydrogens is 450 g/mol. The number of carbonyl (C=O) groups is 2. The number of alkyl carbamates (subject to hydrolysis) is 1. The fraction of sp³-hybridized carbons (Fsp3) is 0.286. The molecule has 1 aliphatic rings. The number of pyridine rings is 1. The first-order chi connectivity index (χ1) is 15.7. The molecule has 174 valence electrons. The van der Waals surface area contributed by atoms with Crippen LogP contribution in [0.2, 0.25) is 0 Å². The number of methoxy groups -OCH3 is 1. The number of imide groups is 1. The standard InChI is InChI=1S/C21H23N5O6S/c1-25-7-9-26(10-8-25)33(30,31)14-4-6-17(22-12-14)18-15-11-13(19(27)24-21(29)32-2)3-5-16(15)23-20(18)28/h3-6,11-12,23,28H,7-10H2,1-2H3,(H,24,27,29). The SMILES string of the molecule is COC(=O)NC(=O)c1ccc2[nH]c(O)c(-c3ccc(S(=O)(=O)N4CCN(C)CC4)cn3)c2c1. The Kier molecular flexibility index (Phi) is 6.06. The predicted octanol–water partition coefficient (Wildman–Crippen LogP) is 1.37. The summed E-state index contributed by atoms with van der Waals surface area (Å²) < 4.78 is 31.7. The summed E-state index contributed by atoms with van der Waals surface area (Å²) in [7, 11) is -0.589. The van der Waals surface area contributed by atoms with Crippen LogP contribution in [0.1, 0.15) is 10.4 Å². The number of nitrogens with zero attached hydrogens (tertiary/aromatic N) is 3. The number of aromatic nitrogens is 2. The fourth-order valence-electron chi connectivity index (χ4n) is 3.65. The van der Waals surface area contributed by atoms with E-state index in [0.29, 0.717) is 48.3 Å². The van der Waals surface area contributed by atoms with Gasteiger partial charge in [-0.3, -0.25) is 15.1 Å². The average molecular weight is 474 g/mol. The van der Waals surface area contributed by atoms with Crippen molar-refractivity contribution >= 4 is 32.9 Å². The van der Waals surface area contributed by atoms with E-state index in [-0.39, 0.29) is 16.3 Å². The number of aromatic amines is 1. The van der Waals surface area contributed by atoms with E-state index in [2.05, 4.69) is 24.9 Å². The van der Waals surface area contributed by atoms with Crippen LogP contribution in [0.25, 0.3) is 22.2 Å². The van der Waals surface area contributed by atoms with Gasteiger partial charge in [-0.15, -0.1) is 0 Å². The molecule has 4 rings (SSSR count). The van der Waals surface area contributed by atoms with Crippen LogP contribution in [0.3, 0.4) is 0 Å². The second kappa shape index (κ2) is 8.81. The van der Waals surface area contributed by atoms with Gasteiger partial charge in [-0.2, -0.15) is 4.31 Å². The predicted molar refractivity (Wildman–Crippen MR) is 119 cm³/mol. The number of carbonyl (C=O) groups excluding carboxylic acids is 2. The van der Waals surface area contributed by atoms with E-state index in [1.54, 1.807) is 6.07 Å². The van der Waals surface area contributed by atoms with Crippen LogP contribution in [-0.4, -0.2) is 85.0 Å². The van der Waals surface area contributed by atoms with Crippen molar-refractivity contribution in [3.8, 4) is 17.1 Å². The van der Waals surface area contributed by atoms with Crippen LogP contribution in [0, 0.1) is 0 Å². The quantitative estimate of drug-likeness (QED) is 0.515. The summed E-state index contributed by atoms with van der Waals surface area (Å²) in [6.45, 7) is 2.11. The summed E-state index contributed by atoms with van der Waals surface area (Å²) in [5.41, 5.74) is 1.33. The molecule has 0 spiro atoms. The molecule has 1 aromatic carbocycles. The lowest BCUT2D eigenvalue weighted by Crippen LogP contribution is -2.47. The molecule has 3 N–H and O–H groups in total. The average Bonchev–Trinajstić information content (AvgIpc) is 3.14. The second-order valence-corrected chi connectivity index (χ2v) is 9.58. The van der Waals surface area contributed by atoms with E-state index in [1.807, 2.05) is 7.05 Å². The van der Waals surface area contributed by atoms with E-state index in [1.165, 1.54) is 34.8 Å². The highest BCUT2D eigenvalue weighted by Gasteiger charge is 2.28. The van der Waals surface area contributed by atoms with Crippen LogP contribution in [0.15, 0.2) is 41.4 Å². The second-order valence-electron chi connectivity index (χ2n) is 7.64. The summed E-state index contributed by atoms with van der Waals surface area (Å²) in [5, 5.41) is 13.0. The normalized spacial score (nSPS) is 15.5. The number of H-pyrrole nitrogens is 1. The molecule has 2 amide bonds. The first-order valence-corrected chi connectivity index (χ1v) is 11.5. The van der Waals surface area contributed by atoms with E-state index < -0.39 is 22.0 Å². The first kappa shape index (κ1) is 22.7. The number of ether oxygens (including phenoxy) is 1. The van der Waals surface area contributed by atoms with Gasteiger partial charge in [0.2, 0.25) is 10.0 Å². The van der Waals surface area contributed by atoms with Gasteiger partial charge in [0.25, 0.3) is 5.91 Å². The molecule has 0 atom stereocenters. The molecule has 1 fully saturated rings. The number of hydrogen-bond donors (Lipinski definition) is 3. The van der Waals surface area contributed by atoms with E-state index in [0.717, 1.165) is 7.11 Å². The van der Waals surface area contributed by atoms with Crippen molar-refractivity contribution in [2.45, 2.75) is 4.90 Å². The number of hydrogen-bond acceptors (Lipinski definition) is 8. The first-order valence-electron chi connectivity index (χ1n) is 10.1. The van der Waals surface area contributed by atoms with Gasteiger partial charge in [0.05, 0.1) is 18.4 Å². The maximum absolute atomic E-state index is 12.9. The smallest absolute Gasteiger partial charge is 0.413 e. The number of likely N-dealkylation sites (N-methyl/N-ethyl adjacent to an activating group) is 1. The van der Waals surface area contributed by atoms with Gasteiger partial charge in [0.15, 0.2) is 5.88 Å². The lowest BCUT2D eigenvalue weighted by Gasteiger charge is -2.31. The summed E-state index contributed by atoms with van der Waals surface area (Å²) in [5.74, 6) is -0.852. The molecule has 0 bridgehead atoms. The third-order valence-corrected chi connectivity index (χ3v) is 7.42. The van der Waals surface area contributed by atoms with E-state index >= 15 is 0 Å². The van der Waals surface area contributed by atoms with Gasteiger partial charge in [-0.05, 0) is 37.4 Å². The Morgan fingerprint density at radius 1 is 1.15 bits per heavy atom. The van der Waals surface area contributed by atoms with Gasteiger partial charge in [0, 0.05) is 48.8 Å². The minimum atomic E-state index is -3.68. The number of piperazine rings is 1. The van der Waals surface area contributed by atoms with Crippen LogP contribution in [0.5, 0.6) is 5.88 Å². The molecule has 2 aromatic heterocycles. The number of nitrogens with one attached hydrogen (secondary N) is 2. The lowest BCUT2D eigenvalue weighted by atomic mass is 10.1. The zero-order chi connectivity index (χ0) is 23.8. The molecule has 0 unspecified atom stereocenters. The van der Waals surface area contributed by atoms with Crippen molar-refractivity contribution in [2.75, 3.05) is 40.3 Å². The van der Waals surface area contributed by atoms with Gasteiger partial charge < -0.3 is 19.7 Å². The summed E-state index contributed by atoms with van der Waals surface area (Å²) in [6.07, 6.45) is 0.366. The highest BCUT2D eigenvalue weighted by molar-refractivity contribution is 7.89. The van der Waals surface area contributed by atoms with Crippen molar-refractivity contribution in [2.24, 2.45) is 0 Å². The molecule has 3 aromatic rings. The lowest BCUT2D eigenvalue weighted by molar-refractivity contribution is 0.0937. The van der Waals surface area contributed by atoms with Gasteiger partial charge >= 0.3 is 6.09 Å². The molecule has 3 heterocycles. The topological polar surface area (TPSA) is 145 Å². The number of benzene rings is 1. The molecule has 0 radical (unpaired) electrons. The molecule has 0 saturated carbocycles. The van der Waals surface area contributed by atoms with Gasteiger partial charge in [0.1, 0.15) is 4.90 Å². The maximum atomic E-state index is 12.9. The van der Waals surface area contributed by atoms with Gasteiger partial charge in [-0.1, -0.05) is 0 Å². The zero-order valence-electron chi connectivity index (χ0n) is 18.0. The number of aromatic hydroxyl groups is 1. The molecule has 11 nitrogen and oxygen atoms in total. The summed E-state index contributed by atoms with van der Waals surface area (Å²) >= 11 is 0. The van der Waals surface area contributed by atoms with E-state index in [9.17, 15) is 23.1 Å². The monoisotopic (exact) mass is 473 g/mol. The minimum Gasteiger partial charge on any atom is -0.494 e. The summed E-state index contributed by atoms with van der Waals surface area (Å²) in [6, 6.07) is 7.51. The van der Waals surface area contributed by atoms with Crippen LogP contribution in [0.4, 0.5) is 4.79 Å². The highest BCUT2D eigenvalue weighted by Crippen LogP contribution is 2.36. The van der Waals surface area contributed by atoms with Crippen LogP contribution < -0.4 is 5.32 Å². The third-order valence-electron chi connectivity index (χ3n) is 5.53. The van der Waals surface area contributed by atoms with Gasteiger partial charge in [-0.25, -0.2) is 13.2 Å². The maximum Gasteiger partial charge on any atom is 0.413 e. The highest BCUT2D eigenvalue weighted by atomic mass is 32.2. The van der Waals surface area contributed by atoms with Crippen molar-refractivity contribution in [3.63, 3.8) is 0 Å². The van der Waals surface area contributed by atoms with E-state index in [4.69, 9.17) is 0 Å². The Morgan fingerprint density at radius 3 is 2.52 bits per heavy atom. The van der Waals surface area contributed by atoms with Crippen LogP contribution >= 0.6 is 0 Å². The molecule has 12 heteroatoms. The zero-order valence-corrected chi connectivity index (χ0v) is 18.8. The Balaban J connectivity index is 1.66.